The Morgan fingerprint density at radius 1 is 1.29 bits per heavy atom. The summed E-state index contributed by atoms with van der Waals surface area (Å²) in [5.41, 5.74) is 1.96. The number of hydrogen-bond acceptors (Lipinski definition) is 3. The fraction of sp³-hybridized carbons (Fsp3) is 0.308. The smallest absolute Gasteiger partial charge is 0.276 e. The molecule has 0 aliphatic rings. The molecule has 2 aromatic rings. The van der Waals surface area contributed by atoms with Crippen LogP contribution < -0.4 is 9.44 Å². The van der Waals surface area contributed by atoms with Gasteiger partial charge in [-0.05, 0) is 17.7 Å². The second kappa shape index (κ2) is 7.04. The Kier molecular flexibility index (Phi) is 5.35. The van der Waals surface area contributed by atoms with Gasteiger partial charge in [-0.2, -0.15) is 8.42 Å². The summed E-state index contributed by atoms with van der Waals surface area (Å²) in [6.45, 7) is 1.01. The Hall–Kier alpha value is -1.41. The number of rotatable bonds is 7. The molecule has 0 saturated heterocycles. The zero-order chi connectivity index (χ0) is 15.3. The van der Waals surface area contributed by atoms with E-state index in [0.29, 0.717) is 24.5 Å². The Morgan fingerprint density at radius 3 is 2.67 bits per heavy atom. The molecule has 2 rings (SSSR count). The van der Waals surface area contributed by atoms with Crippen LogP contribution in [-0.4, -0.2) is 31.6 Å². The van der Waals surface area contributed by atoms with Gasteiger partial charge in [-0.25, -0.2) is 14.4 Å². The summed E-state index contributed by atoms with van der Waals surface area (Å²) in [6, 6.07) is 7.62. The maximum absolute atomic E-state index is 11.2. The molecule has 6 nitrogen and oxygen atoms in total. The minimum Gasteiger partial charge on any atom is -0.333 e. The lowest BCUT2D eigenvalue weighted by Crippen LogP contribution is -2.35. The average Bonchev–Trinajstić information content (AvgIpc) is 2.89. The first kappa shape index (κ1) is 16.0. The molecule has 0 saturated carbocycles. The third kappa shape index (κ3) is 5.13. The SMILES string of the molecule is CNS(=O)(=O)NCCc1cn(Cc2ccc(Cl)cc2)cn1. The average molecular weight is 329 g/mol. The summed E-state index contributed by atoms with van der Waals surface area (Å²) < 4.78 is 29.0. The fourth-order valence-corrected chi connectivity index (χ4v) is 2.45. The first-order valence-corrected chi connectivity index (χ1v) is 8.28. The molecule has 0 fully saturated rings. The number of halogens is 1. The van der Waals surface area contributed by atoms with Crippen LogP contribution in [-0.2, 0) is 23.2 Å². The standard InChI is InChI=1S/C13H17ClN4O2S/c1-15-21(19,20)17-7-6-13-9-18(10-16-13)8-11-2-4-12(14)5-3-11/h2-5,9-10,15,17H,6-8H2,1H3. The highest BCUT2D eigenvalue weighted by Crippen LogP contribution is 2.11. The second-order valence-electron chi connectivity index (χ2n) is 4.52. The molecule has 0 bridgehead atoms. The van der Waals surface area contributed by atoms with Gasteiger partial charge in [0.2, 0.25) is 0 Å². The van der Waals surface area contributed by atoms with E-state index in [4.69, 9.17) is 11.6 Å². The van der Waals surface area contributed by atoms with Gasteiger partial charge in [0, 0.05) is 37.8 Å². The van der Waals surface area contributed by atoms with Crippen LogP contribution >= 0.6 is 11.6 Å². The summed E-state index contributed by atoms with van der Waals surface area (Å²) >= 11 is 5.84. The fourth-order valence-electron chi connectivity index (χ4n) is 1.81. The van der Waals surface area contributed by atoms with E-state index in [9.17, 15) is 8.42 Å². The van der Waals surface area contributed by atoms with Crippen molar-refractivity contribution in [3.8, 4) is 0 Å². The topological polar surface area (TPSA) is 76.0 Å². The van der Waals surface area contributed by atoms with Crippen LogP contribution in [0.25, 0.3) is 0 Å². The normalized spacial score (nSPS) is 11.7. The monoisotopic (exact) mass is 328 g/mol. The Bertz CT molecular complexity index is 682. The molecule has 1 heterocycles. The van der Waals surface area contributed by atoms with Crippen molar-refractivity contribution >= 4 is 21.8 Å². The summed E-state index contributed by atoms with van der Waals surface area (Å²) in [5.74, 6) is 0. The minimum atomic E-state index is -3.38. The molecular weight excluding hydrogens is 312 g/mol. The predicted molar refractivity (Wildman–Crippen MR) is 82.5 cm³/mol. The molecule has 21 heavy (non-hydrogen) atoms. The highest BCUT2D eigenvalue weighted by molar-refractivity contribution is 7.87. The molecule has 114 valence electrons. The summed E-state index contributed by atoms with van der Waals surface area (Å²) in [6.07, 6.45) is 4.17. The van der Waals surface area contributed by atoms with E-state index in [-0.39, 0.29) is 0 Å². The van der Waals surface area contributed by atoms with E-state index in [2.05, 4.69) is 14.4 Å². The number of hydrogen-bond donors (Lipinski definition) is 2. The highest BCUT2D eigenvalue weighted by atomic mass is 35.5. The molecule has 2 N–H and O–H groups in total. The minimum absolute atomic E-state index is 0.307. The lowest BCUT2D eigenvalue weighted by molar-refractivity contribution is 0.573. The van der Waals surface area contributed by atoms with Gasteiger partial charge in [-0.1, -0.05) is 23.7 Å². The zero-order valence-corrected chi connectivity index (χ0v) is 13.2. The van der Waals surface area contributed by atoms with Crippen molar-refractivity contribution in [3.05, 3.63) is 53.1 Å². The molecule has 0 aliphatic carbocycles. The van der Waals surface area contributed by atoms with E-state index in [1.54, 1.807) is 6.33 Å². The van der Waals surface area contributed by atoms with Crippen molar-refractivity contribution in [2.24, 2.45) is 0 Å². The third-order valence-corrected chi connectivity index (χ3v) is 4.28. The molecule has 0 radical (unpaired) electrons. The van der Waals surface area contributed by atoms with E-state index < -0.39 is 10.2 Å². The molecule has 0 amide bonds. The first-order chi connectivity index (χ1) is 9.98. The summed E-state index contributed by atoms with van der Waals surface area (Å²) in [5, 5.41) is 0.710. The Labute approximate surface area is 129 Å². The molecule has 0 atom stereocenters. The van der Waals surface area contributed by atoms with Gasteiger partial charge in [-0.15, -0.1) is 0 Å². The third-order valence-electron chi connectivity index (χ3n) is 2.91. The van der Waals surface area contributed by atoms with Crippen molar-refractivity contribution in [1.29, 1.82) is 0 Å². The maximum Gasteiger partial charge on any atom is 0.276 e. The molecule has 0 spiro atoms. The van der Waals surface area contributed by atoms with Gasteiger partial charge >= 0.3 is 0 Å². The largest absolute Gasteiger partial charge is 0.333 e. The molecular formula is C13H17ClN4O2S. The van der Waals surface area contributed by atoms with Crippen LogP contribution in [0.1, 0.15) is 11.3 Å². The number of benzene rings is 1. The number of imidazole rings is 1. The van der Waals surface area contributed by atoms with Crippen molar-refractivity contribution in [3.63, 3.8) is 0 Å². The zero-order valence-electron chi connectivity index (χ0n) is 11.6. The van der Waals surface area contributed by atoms with Gasteiger partial charge in [-0.3, -0.25) is 0 Å². The Morgan fingerprint density at radius 2 is 2.00 bits per heavy atom. The maximum atomic E-state index is 11.2. The van der Waals surface area contributed by atoms with Crippen LogP contribution in [0.4, 0.5) is 0 Å². The van der Waals surface area contributed by atoms with Crippen molar-refractivity contribution in [2.75, 3.05) is 13.6 Å². The number of nitrogens with one attached hydrogen (secondary N) is 2. The lowest BCUT2D eigenvalue weighted by Gasteiger charge is -2.03. The number of nitrogens with zero attached hydrogens (tertiary/aromatic N) is 2. The lowest BCUT2D eigenvalue weighted by atomic mass is 10.2. The van der Waals surface area contributed by atoms with E-state index in [0.717, 1.165) is 11.3 Å². The highest BCUT2D eigenvalue weighted by Gasteiger charge is 2.06. The molecule has 1 aromatic carbocycles. The van der Waals surface area contributed by atoms with Crippen LogP contribution in [0.3, 0.4) is 0 Å². The van der Waals surface area contributed by atoms with Crippen molar-refractivity contribution in [1.82, 2.24) is 19.0 Å². The summed E-state index contributed by atoms with van der Waals surface area (Å²) in [4.78, 5) is 4.26. The summed E-state index contributed by atoms with van der Waals surface area (Å²) in [7, 11) is -2.02. The molecule has 0 aliphatic heterocycles. The molecule has 0 unspecified atom stereocenters. The van der Waals surface area contributed by atoms with Gasteiger partial charge in [0.15, 0.2) is 0 Å². The van der Waals surface area contributed by atoms with Gasteiger partial charge < -0.3 is 4.57 Å². The predicted octanol–water partition coefficient (Wildman–Crippen LogP) is 1.18. The van der Waals surface area contributed by atoms with Gasteiger partial charge in [0.25, 0.3) is 10.2 Å². The van der Waals surface area contributed by atoms with E-state index in [1.165, 1.54) is 7.05 Å². The van der Waals surface area contributed by atoms with Crippen LogP contribution in [0.15, 0.2) is 36.8 Å². The van der Waals surface area contributed by atoms with E-state index >= 15 is 0 Å². The van der Waals surface area contributed by atoms with Crippen LogP contribution in [0.5, 0.6) is 0 Å². The van der Waals surface area contributed by atoms with Crippen molar-refractivity contribution < 1.29 is 8.42 Å². The molecule has 1 aromatic heterocycles. The van der Waals surface area contributed by atoms with Crippen molar-refractivity contribution in [2.45, 2.75) is 13.0 Å². The van der Waals surface area contributed by atoms with Gasteiger partial charge in [0.05, 0.1) is 12.0 Å². The van der Waals surface area contributed by atoms with Crippen LogP contribution in [0.2, 0.25) is 5.02 Å². The van der Waals surface area contributed by atoms with Crippen LogP contribution in [0, 0.1) is 0 Å². The van der Waals surface area contributed by atoms with E-state index in [1.807, 2.05) is 35.0 Å². The van der Waals surface area contributed by atoms with Gasteiger partial charge in [0.1, 0.15) is 0 Å². The molecule has 8 heteroatoms. The quantitative estimate of drug-likeness (QED) is 0.801. The Balaban J connectivity index is 1.88. The first-order valence-electron chi connectivity index (χ1n) is 6.42. The number of aromatic nitrogens is 2. The second-order valence-corrected chi connectivity index (χ2v) is 6.66.